The van der Waals surface area contributed by atoms with E-state index in [-0.39, 0.29) is 5.69 Å². The first-order valence-corrected chi connectivity index (χ1v) is 9.82. The number of nitro groups is 1. The molecular formula is C14H11NO12S2. The number of benzene rings is 2. The van der Waals surface area contributed by atoms with Crippen molar-refractivity contribution in [2.75, 3.05) is 0 Å². The molecule has 0 aliphatic rings. The lowest BCUT2D eigenvalue weighted by molar-refractivity contribution is -0.385. The number of non-ortho nitro benzene ring substituents is 1. The normalized spacial score (nSPS) is 11.1. The predicted octanol–water partition coefficient (Wildman–Crippen LogP) is 1.17. The van der Waals surface area contributed by atoms with E-state index in [2.05, 4.69) is 0 Å². The summed E-state index contributed by atoms with van der Waals surface area (Å²) >= 11 is 0. The van der Waals surface area contributed by atoms with Gasteiger partial charge >= 0.3 is 11.9 Å². The lowest BCUT2D eigenvalue weighted by atomic mass is 10.1. The third-order valence-corrected chi connectivity index (χ3v) is 4.78. The molecule has 0 radical (unpaired) electrons. The van der Waals surface area contributed by atoms with E-state index in [4.69, 9.17) is 19.3 Å². The molecule has 0 atom stereocenters. The number of hydrogen-bond acceptors (Lipinski definition) is 8. The Balaban J connectivity index is 0.000000296. The molecule has 2 rings (SSSR count). The standard InChI is InChI=1S/C8H6O7S.C6H5NO5S/c9-7(10)5-2-1-4(16(13,14)15)3-6(5)8(11)12;8-7(9)5-2-1-3-6(4-5)13(10,11)12/h1-3H,(H,9,10)(H,11,12)(H,13,14,15);1-4H,(H,10,11,12). The third-order valence-electron chi connectivity index (χ3n) is 3.08. The fourth-order valence-electron chi connectivity index (χ4n) is 1.80. The molecule has 0 amide bonds. The van der Waals surface area contributed by atoms with Crippen LogP contribution in [0.3, 0.4) is 0 Å². The maximum Gasteiger partial charge on any atom is 0.336 e. The van der Waals surface area contributed by atoms with E-state index in [0.29, 0.717) is 6.07 Å². The average molecular weight is 449 g/mol. The summed E-state index contributed by atoms with van der Waals surface area (Å²) in [5, 5.41) is 27.5. The van der Waals surface area contributed by atoms with Gasteiger partial charge in [-0.25, -0.2) is 9.59 Å². The lowest BCUT2D eigenvalue weighted by Crippen LogP contribution is -2.10. The van der Waals surface area contributed by atoms with E-state index < -0.39 is 58.0 Å². The van der Waals surface area contributed by atoms with Gasteiger partial charge < -0.3 is 10.2 Å². The summed E-state index contributed by atoms with van der Waals surface area (Å²) < 4.78 is 59.7. The van der Waals surface area contributed by atoms with Crippen LogP contribution in [0.25, 0.3) is 0 Å². The van der Waals surface area contributed by atoms with Crippen molar-refractivity contribution in [2.24, 2.45) is 0 Å². The fourth-order valence-corrected chi connectivity index (χ4v) is 2.83. The van der Waals surface area contributed by atoms with Crippen molar-refractivity contribution >= 4 is 37.9 Å². The minimum Gasteiger partial charge on any atom is -0.478 e. The van der Waals surface area contributed by atoms with Crippen molar-refractivity contribution in [3.8, 4) is 0 Å². The monoisotopic (exact) mass is 449 g/mol. The number of aromatic carboxylic acids is 2. The highest BCUT2D eigenvalue weighted by atomic mass is 32.2. The van der Waals surface area contributed by atoms with Gasteiger partial charge in [-0.1, -0.05) is 6.07 Å². The highest BCUT2D eigenvalue weighted by Gasteiger charge is 2.20. The van der Waals surface area contributed by atoms with Crippen LogP contribution in [0, 0.1) is 10.1 Å². The number of carbonyl (C=O) groups is 2. The van der Waals surface area contributed by atoms with Gasteiger partial charge in [0.15, 0.2) is 0 Å². The highest BCUT2D eigenvalue weighted by Crippen LogP contribution is 2.17. The van der Waals surface area contributed by atoms with Crippen molar-refractivity contribution in [3.05, 3.63) is 63.7 Å². The van der Waals surface area contributed by atoms with Gasteiger partial charge in [0.1, 0.15) is 4.90 Å². The first-order valence-electron chi connectivity index (χ1n) is 6.94. The first-order chi connectivity index (χ1) is 13.1. The van der Waals surface area contributed by atoms with Crippen molar-refractivity contribution in [1.29, 1.82) is 0 Å². The molecule has 0 heterocycles. The van der Waals surface area contributed by atoms with E-state index >= 15 is 0 Å². The summed E-state index contributed by atoms with van der Waals surface area (Å²) in [7, 11) is -8.92. The Morgan fingerprint density at radius 2 is 1.28 bits per heavy atom. The molecule has 13 nitrogen and oxygen atoms in total. The molecular weight excluding hydrogens is 438 g/mol. The molecule has 2 aromatic rings. The molecule has 2 aromatic carbocycles. The average Bonchev–Trinajstić information content (AvgIpc) is 2.60. The molecule has 0 saturated carbocycles. The maximum atomic E-state index is 10.7. The summed E-state index contributed by atoms with van der Waals surface area (Å²) in [4.78, 5) is 29.6. The highest BCUT2D eigenvalue weighted by molar-refractivity contribution is 7.86. The summed E-state index contributed by atoms with van der Waals surface area (Å²) in [6, 6.07) is 6.37. The van der Waals surface area contributed by atoms with Gasteiger partial charge in [-0.05, 0) is 24.3 Å². The maximum absolute atomic E-state index is 10.7. The van der Waals surface area contributed by atoms with E-state index in [9.17, 15) is 36.5 Å². The van der Waals surface area contributed by atoms with Gasteiger partial charge in [-0.3, -0.25) is 19.2 Å². The van der Waals surface area contributed by atoms with Crippen LogP contribution in [0.5, 0.6) is 0 Å². The van der Waals surface area contributed by atoms with E-state index in [0.717, 1.165) is 30.3 Å². The van der Waals surface area contributed by atoms with Gasteiger partial charge in [-0.2, -0.15) is 16.8 Å². The second kappa shape index (κ2) is 8.74. The van der Waals surface area contributed by atoms with E-state index in [1.807, 2.05) is 0 Å². The predicted molar refractivity (Wildman–Crippen MR) is 93.1 cm³/mol. The second-order valence-corrected chi connectivity index (χ2v) is 7.87. The van der Waals surface area contributed by atoms with Crippen LogP contribution in [0.15, 0.2) is 52.3 Å². The van der Waals surface area contributed by atoms with E-state index in [1.54, 1.807) is 0 Å². The largest absolute Gasteiger partial charge is 0.478 e. The van der Waals surface area contributed by atoms with Crippen LogP contribution in [-0.4, -0.2) is 53.0 Å². The second-order valence-electron chi connectivity index (χ2n) is 5.02. The molecule has 15 heteroatoms. The van der Waals surface area contributed by atoms with Crippen LogP contribution in [0.1, 0.15) is 20.7 Å². The van der Waals surface area contributed by atoms with Gasteiger partial charge in [0.05, 0.1) is 20.9 Å². The lowest BCUT2D eigenvalue weighted by Gasteiger charge is -2.03. The zero-order chi connectivity index (χ0) is 22.6. The molecule has 0 aromatic heterocycles. The fraction of sp³-hybridized carbons (Fsp3) is 0. The number of hydrogen-bond donors (Lipinski definition) is 4. The molecule has 0 bridgehead atoms. The Morgan fingerprint density at radius 3 is 1.69 bits per heavy atom. The summed E-state index contributed by atoms with van der Waals surface area (Å²) in [5.41, 5.74) is -1.64. The van der Waals surface area contributed by atoms with Crippen LogP contribution in [-0.2, 0) is 20.2 Å². The van der Waals surface area contributed by atoms with Crippen LogP contribution >= 0.6 is 0 Å². The van der Waals surface area contributed by atoms with E-state index in [1.165, 1.54) is 6.07 Å². The van der Waals surface area contributed by atoms with Crippen molar-refractivity contribution in [1.82, 2.24) is 0 Å². The minimum atomic E-state index is -4.56. The minimum absolute atomic E-state index is 0.380. The summed E-state index contributed by atoms with van der Waals surface area (Å²) in [5.74, 6) is -3.10. The van der Waals surface area contributed by atoms with Crippen molar-refractivity contribution < 1.29 is 50.7 Å². The Labute approximate surface area is 162 Å². The quantitative estimate of drug-likeness (QED) is 0.286. The number of rotatable bonds is 5. The SMILES string of the molecule is O=C(O)c1ccc(S(=O)(=O)O)cc1C(=O)O.O=[N+]([O-])c1cccc(S(=O)(=O)O)c1. The van der Waals surface area contributed by atoms with Crippen LogP contribution in [0.2, 0.25) is 0 Å². The molecule has 156 valence electrons. The summed E-state index contributed by atoms with van der Waals surface area (Å²) in [6.07, 6.45) is 0. The van der Waals surface area contributed by atoms with Crippen molar-refractivity contribution in [2.45, 2.75) is 9.79 Å². The molecule has 4 N–H and O–H groups in total. The Kier molecular flexibility index (Phi) is 7.12. The molecule has 0 fully saturated rings. The number of carboxylic acid groups (broad SMARTS) is 2. The molecule has 0 aliphatic carbocycles. The smallest absolute Gasteiger partial charge is 0.336 e. The topological polar surface area (TPSA) is 226 Å². The van der Waals surface area contributed by atoms with Crippen LogP contribution in [0.4, 0.5) is 5.69 Å². The molecule has 0 spiro atoms. The first kappa shape index (κ1) is 23.6. The zero-order valence-corrected chi connectivity index (χ0v) is 15.5. The van der Waals surface area contributed by atoms with Gasteiger partial charge in [0, 0.05) is 12.1 Å². The third kappa shape index (κ3) is 6.61. The molecule has 0 saturated heterocycles. The molecule has 29 heavy (non-hydrogen) atoms. The number of nitrogens with zero attached hydrogens (tertiary/aromatic N) is 1. The summed E-state index contributed by atoms with van der Waals surface area (Å²) in [6.45, 7) is 0. The molecule has 0 unspecified atom stereocenters. The van der Waals surface area contributed by atoms with Gasteiger partial charge in [-0.15, -0.1) is 0 Å². The van der Waals surface area contributed by atoms with Crippen molar-refractivity contribution in [3.63, 3.8) is 0 Å². The Hall–Kier alpha value is -3.40. The molecule has 0 aliphatic heterocycles. The number of nitro benzene ring substituents is 1. The zero-order valence-electron chi connectivity index (χ0n) is 13.9. The Bertz CT molecular complexity index is 1180. The van der Waals surface area contributed by atoms with Crippen LogP contribution < -0.4 is 0 Å². The van der Waals surface area contributed by atoms with Gasteiger partial charge in [0.2, 0.25) is 0 Å². The van der Waals surface area contributed by atoms with Gasteiger partial charge in [0.25, 0.3) is 25.9 Å². The number of carboxylic acids is 2. The Morgan fingerprint density at radius 1 is 0.793 bits per heavy atom.